The number of carbonyl (C=O) groups excluding carboxylic acids is 1. The van der Waals surface area contributed by atoms with Crippen molar-refractivity contribution in [2.24, 2.45) is 0 Å². The van der Waals surface area contributed by atoms with Gasteiger partial charge in [0, 0.05) is 11.2 Å². The van der Waals surface area contributed by atoms with Gasteiger partial charge >= 0.3 is 0 Å². The molecule has 3 heterocycles. The lowest BCUT2D eigenvalue weighted by Crippen LogP contribution is -2.30. The van der Waals surface area contributed by atoms with E-state index in [2.05, 4.69) is 4.98 Å². The molecule has 1 aliphatic rings. The molecule has 0 saturated carbocycles. The molecule has 1 amide bonds. The fraction of sp³-hybridized carbons (Fsp3) is 0.0870. The number of hydrogen-bond acceptors (Lipinski definition) is 4. The lowest BCUT2D eigenvalue weighted by Gasteiger charge is -2.24. The monoisotopic (exact) mass is 402 g/mol. The van der Waals surface area contributed by atoms with Crippen LogP contribution in [0.15, 0.2) is 76.1 Å². The third kappa shape index (κ3) is 2.74. The topological polar surface area (TPSA) is 63.4 Å². The van der Waals surface area contributed by atoms with E-state index in [0.29, 0.717) is 27.4 Å². The van der Waals surface area contributed by atoms with Crippen LogP contribution in [0.1, 0.15) is 33.3 Å². The van der Waals surface area contributed by atoms with Gasteiger partial charge < -0.3 is 4.42 Å². The van der Waals surface area contributed by atoms with Crippen LogP contribution in [0, 0.1) is 6.92 Å². The number of hydrogen-bond donors (Lipinski definition) is 0. The summed E-state index contributed by atoms with van der Waals surface area (Å²) in [4.78, 5) is 32.6. The van der Waals surface area contributed by atoms with Crippen molar-refractivity contribution >= 4 is 34.3 Å². The second-order valence-corrected chi connectivity index (χ2v) is 7.43. The van der Waals surface area contributed by atoms with Gasteiger partial charge in [-0.25, -0.2) is 4.98 Å². The van der Waals surface area contributed by atoms with Gasteiger partial charge in [-0.05, 0) is 42.8 Å². The standard InChI is InChI=1S/C23H15ClN2O3/c1-13-5-7-14(8-6-13)20-19-21(27)16-12-15(24)9-10-17(16)29-22(19)23(28)26(20)18-4-2-3-11-25-18/h2-12,20H,1H3. The van der Waals surface area contributed by atoms with Gasteiger partial charge in [0.2, 0.25) is 5.76 Å². The predicted molar refractivity (Wildman–Crippen MR) is 112 cm³/mol. The highest BCUT2D eigenvalue weighted by atomic mass is 35.5. The Labute approximate surface area is 171 Å². The SMILES string of the molecule is Cc1ccc(C2c3c(oc4ccc(Cl)cc4c3=O)C(=O)N2c2ccccn2)cc1. The van der Waals surface area contributed by atoms with Gasteiger partial charge in [-0.3, -0.25) is 14.5 Å². The minimum atomic E-state index is -0.632. The van der Waals surface area contributed by atoms with Crippen LogP contribution in [-0.4, -0.2) is 10.9 Å². The average Bonchev–Trinajstić information content (AvgIpc) is 3.03. The molecule has 5 rings (SSSR count). The molecule has 5 nitrogen and oxygen atoms in total. The molecule has 2 aromatic heterocycles. The van der Waals surface area contributed by atoms with Crippen LogP contribution in [0.2, 0.25) is 5.02 Å². The molecule has 6 heteroatoms. The van der Waals surface area contributed by atoms with Crippen LogP contribution >= 0.6 is 11.6 Å². The van der Waals surface area contributed by atoms with Gasteiger partial charge in [0.1, 0.15) is 11.4 Å². The van der Waals surface area contributed by atoms with Crippen LogP contribution in [0.25, 0.3) is 11.0 Å². The number of benzene rings is 2. The Morgan fingerprint density at radius 1 is 1.03 bits per heavy atom. The second kappa shape index (κ2) is 6.57. The Bertz CT molecular complexity index is 1310. The quantitative estimate of drug-likeness (QED) is 0.478. The number of fused-ring (bicyclic) bond motifs is 2. The van der Waals surface area contributed by atoms with Crippen molar-refractivity contribution in [3.05, 3.63) is 105 Å². The molecular weight excluding hydrogens is 388 g/mol. The maximum Gasteiger partial charge on any atom is 0.296 e. The summed E-state index contributed by atoms with van der Waals surface area (Å²) in [7, 11) is 0. The maximum atomic E-state index is 13.4. The number of aryl methyl sites for hydroxylation is 1. The zero-order valence-corrected chi connectivity index (χ0v) is 16.2. The van der Waals surface area contributed by atoms with Crippen molar-refractivity contribution in [2.75, 3.05) is 4.90 Å². The first-order valence-electron chi connectivity index (χ1n) is 9.12. The summed E-state index contributed by atoms with van der Waals surface area (Å²) in [5.41, 5.74) is 2.26. The van der Waals surface area contributed by atoms with Crippen molar-refractivity contribution in [3.8, 4) is 0 Å². The molecule has 4 aromatic rings. The fourth-order valence-electron chi connectivity index (χ4n) is 3.74. The van der Waals surface area contributed by atoms with Gasteiger partial charge in [0.15, 0.2) is 5.43 Å². The number of halogens is 1. The van der Waals surface area contributed by atoms with Gasteiger partial charge in [-0.2, -0.15) is 0 Å². The van der Waals surface area contributed by atoms with E-state index in [0.717, 1.165) is 11.1 Å². The van der Waals surface area contributed by atoms with E-state index in [9.17, 15) is 9.59 Å². The Balaban J connectivity index is 1.83. The first kappa shape index (κ1) is 17.6. The van der Waals surface area contributed by atoms with E-state index < -0.39 is 11.9 Å². The maximum absolute atomic E-state index is 13.4. The van der Waals surface area contributed by atoms with Gasteiger partial charge in [0.25, 0.3) is 5.91 Å². The summed E-state index contributed by atoms with van der Waals surface area (Å²) < 4.78 is 5.90. The van der Waals surface area contributed by atoms with Crippen molar-refractivity contribution in [2.45, 2.75) is 13.0 Å². The van der Waals surface area contributed by atoms with E-state index in [1.54, 1.807) is 42.6 Å². The largest absolute Gasteiger partial charge is 0.450 e. The smallest absolute Gasteiger partial charge is 0.296 e. The van der Waals surface area contributed by atoms with Crippen LogP contribution in [-0.2, 0) is 0 Å². The van der Waals surface area contributed by atoms with Crippen molar-refractivity contribution in [1.82, 2.24) is 4.98 Å². The Hall–Kier alpha value is -3.44. The fourth-order valence-corrected chi connectivity index (χ4v) is 3.91. The molecule has 0 spiro atoms. The zero-order chi connectivity index (χ0) is 20.1. The van der Waals surface area contributed by atoms with E-state index in [-0.39, 0.29) is 11.2 Å². The zero-order valence-electron chi connectivity index (χ0n) is 15.4. The summed E-state index contributed by atoms with van der Waals surface area (Å²) in [5, 5.41) is 0.784. The molecule has 1 atom stereocenters. The summed E-state index contributed by atoms with van der Waals surface area (Å²) in [6, 6.07) is 17.2. The Morgan fingerprint density at radius 2 is 1.83 bits per heavy atom. The first-order chi connectivity index (χ1) is 14.0. The van der Waals surface area contributed by atoms with Crippen LogP contribution in [0.4, 0.5) is 5.82 Å². The lowest BCUT2D eigenvalue weighted by molar-refractivity contribution is 0.0970. The van der Waals surface area contributed by atoms with E-state index >= 15 is 0 Å². The minimum Gasteiger partial charge on any atom is -0.450 e. The van der Waals surface area contributed by atoms with Gasteiger partial charge in [-0.1, -0.05) is 47.5 Å². The highest BCUT2D eigenvalue weighted by molar-refractivity contribution is 6.31. The molecule has 0 N–H and O–H groups in total. The highest BCUT2D eigenvalue weighted by Gasteiger charge is 2.44. The van der Waals surface area contributed by atoms with Crippen LogP contribution < -0.4 is 10.3 Å². The van der Waals surface area contributed by atoms with E-state index in [1.807, 2.05) is 31.2 Å². The number of pyridine rings is 1. The van der Waals surface area contributed by atoms with E-state index in [4.69, 9.17) is 16.0 Å². The number of nitrogens with zero attached hydrogens (tertiary/aromatic N) is 2. The van der Waals surface area contributed by atoms with Gasteiger partial charge in [0.05, 0.1) is 17.0 Å². The Morgan fingerprint density at radius 3 is 2.55 bits per heavy atom. The minimum absolute atomic E-state index is 0.0426. The average molecular weight is 403 g/mol. The van der Waals surface area contributed by atoms with Crippen molar-refractivity contribution in [3.63, 3.8) is 0 Å². The number of amides is 1. The predicted octanol–water partition coefficient (Wildman–Crippen LogP) is 4.90. The van der Waals surface area contributed by atoms with Crippen LogP contribution in [0.3, 0.4) is 0 Å². The molecule has 1 aliphatic heterocycles. The highest BCUT2D eigenvalue weighted by Crippen LogP contribution is 2.40. The molecule has 0 saturated heterocycles. The third-order valence-corrected chi connectivity index (χ3v) is 5.36. The summed E-state index contributed by atoms with van der Waals surface area (Å²) in [5.74, 6) is 0.107. The lowest BCUT2D eigenvalue weighted by atomic mass is 9.97. The molecule has 0 aliphatic carbocycles. The number of carbonyl (C=O) groups is 1. The second-order valence-electron chi connectivity index (χ2n) is 6.99. The molecule has 142 valence electrons. The Kier molecular flexibility index (Phi) is 4.00. The molecule has 29 heavy (non-hydrogen) atoms. The third-order valence-electron chi connectivity index (χ3n) is 5.12. The molecule has 0 bridgehead atoms. The number of anilines is 1. The summed E-state index contributed by atoms with van der Waals surface area (Å²) in [6.07, 6.45) is 1.61. The van der Waals surface area contributed by atoms with Crippen molar-refractivity contribution in [1.29, 1.82) is 0 Å². The summed E-state index contributed by atoms with van der Waals surface area (Å²) in [6.45, 7) is 1.98. The number of rotatable bonds is 2. The molecule has 0 fully saturated rings. The molecular formula is C23H15ClN2O3. The van der Waals surface area contributed by atoms with Crippen molar-refractivity contribution < 1.29 is 9.21 Å². The molecule has 1 unspecified atom stereocenters. The first-order valence-corrected chi connectivity index (χ1v) is 9.50. The summed E-state index contributed by atoms with van der Waals surface area (Å²) >= 11 is 6.10. The van der Waals surface area contributed by atoms with Crippen LogP contribution in [0.5, 0.6) is 0 Å². The number of aromatic nitrogens is 1. The normalized spacial score (nSPS) is 15.7. The van der Waals surface area contributed by atoms with E-state index in [1.165, 1.54) is 4.90 Å². The molecule has 2 aromatic carbocycles. The van der Waals surface area contributed by atoms with Gasteiger partial charge in [-0.15, -0.1) is 0 Å². The molecule has 0 radical (unpaired) electrons.